The lowest BCUT2D eigenvalue weighted by molar-refractivity contribution is -0.133. The van der Waals surface area contributed by atoms with Crippen molar-refractivity contribution in [2.75, 3.05) is 5.75 Å². The molecule has 1 aromatic heterocycles. The van der Waals surface area contributed by atoms with Crippen LogP contribution in [0.15, 0.2) is 11.5 Å². The van der Waals surface area contributed by atoms with Crippen LogP contribution in [0.3, 0.4) is 0 Å². The monoisotopic (exact) mass is 243 g/mol. The summed E-state index contributed by atoms with van der Waals surface area (Å²) in [5.74, 6) is -0.816. The molecule has 0 saturated carbocycles. The van der Waals surface area contributed by atoms with Gasteiger partial charge in [-0.2, -0.15) is 0 Å². The maximum Gasteiger partial charge on any atom is 0.313 e. The Hall–Kier alpha value is -1.04. The topological polar surface area (TPSA) is 68.0 Å². The highest BCUT2D eigenvalue weighted by molar-refractivity contribution is 7.99. The Morgan fingerprint density at radius 1 is 1.56 bits per heavy atom. The zero-order valence-electron chi connectivity index (χ0n) is 9.80. The first kappa shape index (κ1) is 13.0. The van der Waals surface area contributed by atoms with Crippen LogP contribution in [0.5, 0.6) is 0 Å². The Morgan fingerprint density at radius 2 is 2.25 bits per heavy atom. The average molecular weight is 243 g/mol. The molecule has 0 aliphatic carbocycles. The van der Waals surface area contributed by atoms with Crippen LogP contribution in [0.1, 0.15) is 27.2 Å². The minimum absolute atomic E-state index is 0.0220. The third kappa shape index (κ3) is 4.65. The highest BCUT2D eigenvalue weighted by Gasteiger charge is 2.13. The molecular weight excluding hydrogens is 226 g/mol. The van der Waals surface area contributed by atoms with E-state index in [1.54, 1.807) is 6.33 Å². The molecule has 16 heavy (non-hydrogen) atoms. The number of thioether (sulfide) groups is 1. The van der Waals surface area contributed by atoms with Gasteiger partial charge in [-0.3, -0.25) is 4.79 Å². The largest absolute Gasteiger partial charge is 0.481 e. The fraction of sp³-hybridized carbons (Fsp3) is 0.700. The summed E-state index contributed by atoms with van der Waals surface area (Å²) in [6, 6.07) is 0. The normalized spacial score (nSPS) is 11.7. The molecule has 0 amide bonds. The number of aryl methyl sites for hydroxylation is 1. The predicted molar refractivity (Wildman–Crippen MR) is 62.5 cm³/mol. The molecule has 0 saturated heterocycles. The second kappa shape index (κ2) is 5.34. The molecule has 0 unspecified atom stereocenters. The van der Waals surface area contributed by atoms with Crippen molar-refractivity contribution in [2.45, 2.75) is 38.9 Å². The number of nitrogens with zero attached hydrogens (tertiary/aromatic N) is 3. The molecule has 0 aliphatic heterocycles. The van der Waals surface area contributed by atoms with E-state index < -0.39 is 5.97 Å². The van der Waals surface area contributed by atoms with Crippen molar-refractivity contribution in [2.24, 2.45) is 5.41 Å². The molecule has 90 valence electrons. The van der Waals surface area contributed by atoms with Gasteiger partial charge in [0, 0.05) is 6.54 Å². The van der Waals surface area contributed by atoms with E-state index in [2.05, 4.69) is 31.0 Å². The molecule has 5 nitrogen and oxygen atoms in total. The van der Waals surface area contributed by atoms with E-state index in [-0.39, 0.29) is 11.2 Å². The van der Waals surface area contributed by atoms with Crippen molar-refractivity contribution in [1.82, 2.24) is 14.8 Å². The van der Waals surface area contributed by atoms with Gasteiger partial charge in [-0.1, -0.05) is 32.5 Å². The number of carboxylic acid groups (broad SMARTS) is 1. The number of carbonyl (C=O) groups is 1. The number of hydrogen-bond acceptors (Lipinski definition) is 4. The van der Waals surface area contributed by atoms with Gasteiger partial charge >= 0.3 is 5.97 Å². The van der Waals surface area contributed by atoms with Crippen LogP contribution in [-0.2, 0) is 11.3 Å². The lowest BCUT2D eigenvalue weighted by Crippen LogP contribution is -2.11. The van der Waals surface area contributed by atoms with Gasteiger partial charge in [0.05, 0.1) is 5.75 Å². The number of carboxylic acids is 1. The highest BCUT2D eigenvalue weighted by Crippen LogP contribution is 2.21. The van der Waals surface area contributed by atoms with E-state index in [1.165, 1.54) is 11.8 Å². The van der Waals surface area contributed by atoms with Crippen molar-refractivity contribution >= 4 is 17.7 Å². The van der Waals surface area contributed by atoms with E-state index in [4.69, 9.17) is 5.11 Å². The van der Waals surface area contributed by atoms with E-state index >= 15 is 0 Å². The fourth-order valence-corrected chi connectivity index (χ4v) is 1.75. The molecule has 1 heterocycles. The molecule has 0 bridgehead atoms. The molecule has 1 rings (SSSR count). The highest BCUT2D eigenvalue weighted by atomic mass is 32.2. The van der Waals surface area contributed by atoms with Gasteiger partial charge in [0.15, 0.2) is 5.16 Å². The summed E-state index contributed by atoms with van der Waals surface area (Å²) < 4.78 is 1.90. The molecule has 0 radical (unpaired) electrons. The molecule has 0 spiro atoms. The van der Waals surface area contributed by atoms with Gasteiger partial charge in [0.25, 0.3) is 0 Å². The number of aliphatic carboxylic acids is 1. The smallest absolute Gasteiger partial charge is 0.313 e. The van der Waals surface area contributed by atoms with Crippen LogP contribution in [0, 0.1) is 5.41 Å². The van der Waals surface area contributed by atoms with Crippen LogP contribution in [-0.4, -0.2) is 31.6 Å². The summed E-state index contributed by atoms with van der Waals surface area (Å²) >= 11 is 1.20. The van der Waals surface area contributed by atoms with Crippen molar-refractivity contribution in [3.8, 4) is 0 Å². The maximum atomic E-state index is 10.4. The molecular formula is C10H17N3O2S. The van der Waals surface area contributed by atoms with Gasteiger partial charge in [0.1, 0.15) is 6.33 Å². The van der Waals surface area contributed by atoms with Gasteiger partial charge in [0.2, 0.25) is 0 Å². The van der Waals surface area contributed by atoms with Crippen LogP contribution >= 0.6 is 11.8 Å². The Morgan fingerprint density at radius 3 is 2.81 bits per heavy atom. The SMILES string of the molecule is CC(C)(C)CCn1cnnc1SCC(=O)O. The average Bonchev–Trinajstić information content (AvgIpc) is 2.57. The summed E-state index contributed by atoms with van der Waals surface area (Å²) in [7, 11) is 0. The zero-order valence-corrected chi connectivity index (χ0v) is 10.6. The number of aromatic nitrogens is 3. The first-order valence-corrected chi connectivity index (χ1v) is 6.09. The van der Waals surface area contributed by atoms with E-state index in [9.17, 15) is 4.79 Å². The van der Waals surface area contributed by atoms with Crippen LogP contribution in [0.2, 0.25) is 0 Å². The molecule has 1 aromatic rings. The second-order valence-electron chi connectivity index (χ2n) is 4.80. The molecule has 0 atom stereocenters. The quantitative estimate of drug-likeness (QED) is 0.800. The van der Waals surface area contributed by atoms with Gasteiger partial charge < -0.3 is 9.67 Å². The fourth-order valence-electron chi connectivity index (χ4n) is 1.09. The zero-order chi connectivity index (χ0) is 12.2. The summed E-state index contributed by atoms with van der Waals surface area (Å²) in [4.78, 5) is 10.4. The van der Waals surface area contributed by atoms with Crippen LogP contribution in [0.4, 0.5) is 0 Å². The molecule has 0 fully saturated rings. The Bertz CT molecular complexity index is 357. The standard InChI is InChI=1S/C10H17N3O2S/c1-10(2,3)4-5-13-7-11-12-9(13)16-6-8(14)15/h7H,4-6H2,1-3H3,(H,14,15). The van der Waals surface area contributed by atoms with Crippen molar-refractivity contribution in [3.63, 3.8) is 0 Å². The summed E-state index contributed by atoms with van der Waals surface area (Å²) in [6.07, 6.45) is 2.65. The summed E-state index contributed by atoms with van der Waals surface area (Å²) in [5.41, 5.74) is 0.249. The first-order valence-electron chi connectivity index (χ1n) is 5.11. The minimum atomic E-state index is -0.838. The van der Waals surface area contributed by atoms with Crippen molar-refractivity contribution in [3.05, 3.63) is 6.33 Å². The van der Waals surface area contributed by atoms with E-state index in [1.807, 2.05) is 4.57 Å². The predicted octanol–water partition coefficient (Wildman–Crippen LogP) is 1.89. The Labute approximate surface area is 99.3 Å². The second-order valence-corrected chi connectivity index (χ2v) is 5.74. The maximum absolute atomic E-state index is 10.4. The lowest BCUT2D eigenvalue weighted by Gasteiger charge is -2.18. The van der Waals surface area contributed by atoms with Crippen molar-refractivity contribution in [1.29, 1.82) is 0 Å². The molecule has 1 N–H and O–H groups in total. The summed E-state index contributed by atoms with van der Waals surface area (Å²) in [6.45, 7) is 7.32. The minimum Gasteiger partial charge on any atom is -0.481 e. The Balaban J connectivity index is 2.53. The third-order valence-electron chi connectivity index (χ3n) is 2.01. The molecule has 0 aliphatic rings. The van der Waals surface area contributed by atoms with Gasteiger partial charge in [-0.15, -0.1) is 10.2 Å². The van der Waals surface area contributed by atoms with E-state index in [0.29, 0.717) is 5.16 Å². The summed E-state index contributed by atoms with van der Waals surface area (Å²) in [5, 5.41) is 17.0. The lowest BCUT2D eigenvalue weighted by atomic mass is 9.92. The third-order valence-corrected chi connectivity index (χ3v) is 2.97. The van der Waals surface area contributed by atoms with Crippen LogP contribution in [0.25, 0.3) is 0 Å². The Kier molecular flexibility index (Phi) is 4.35. The molecule has 0 aromatic carbocycles. The number of hydrogen-bond donors (Lipinski definition) is 1. The number of rotatable bonds is 5. The van der Waals surface area contributed by atoms with Gasteiger partial charge in [-0.25, -0.2) is 0 Å². The first-order chi connectivity index (χ1) is 7.38. The van der Waals surface area contributed by atoms with Crippen molar-refractivity contribution < 1.29 is 9.90 Å². The van der Waals surface area contributed by atoms with Gasteiger partial charge in [-0.05, 0) is 11.8 Å². The van der Waals surface area contributed by atoms with Crippen LogP contribution < -0.4 is 0 Å². The molecule has 6 heteroatoms. The van der Waals surface area contributed by atoms with E-state index in [0.717, 1.165) is 13.0 Å².